The molecule has 8 heteroatoms. The third-order valence-electron chi connectivity index (χ3n) is 5.34. The van der Waals surface area contributed by atoms with Crippen LogP contribution in [0.5, 0.6) is 5.75 Å². The Hall–Kier alpha value is -3.65. The van der Waals surface area contributed by atoms with E-state index >= 15 is 0 Å². The van der Waals surface area contributed by atoms with Crippen molar-refractivity contribution in [3.05, 3.63) is 83.3 Å². The van der Waals surface area contributed by atoms with Crippen LogP contribution in [0.3, 0.4) is 0 Å². The summed E-state index contributed by atoms with van der Waals surface area (Å²) in [6.07, 6.45) is 1.72. The molecule has 0 fully saturated rings. The maximum Gasteiger partial charge on any atom is 0.272 e. The van der Waals surface area contributed by atoms with Crippen LogP contribution in [0.15, 0.2) is 54.7 Å². The molecule has 1 unspecified atom stereocenters. The maximum atomic E-state index is 14.0. The Morgan fingerprint density at radius 3 is 2.93 bits per heavy atom. The Labute approximate surface area is 171 Å². The number of aromatic hydroxyl groups is 1. The first-order chi connectivity index (χ1) is 14.6. The van der Waals surface area contributed by atoms with E-state index in [1.807, 2.05) is 34.9 Å². The van der Waals surface area contributed by atoms with Crippen molar-refractivity contribution in [2.24, 2.45) is 0 Å². The van der Waals surface area contributed by atoms with Crippen molar-refractivity contribution in [2.45, 2.75) is 19.1 Å². The van der Waals surface area contributed by atoms with E-state index in [4.69, 9.17) is 0 Å². The molecule has 30 heavy (non-hydrogen) atoms. The molecular weight excluding hydrogens is 385 g/mol. The number of benzene rings is 2. The smallest absolute Gasteiger partial charge is 0.272 e. The van der Waals surface area contributed by atoms with Crippen molar-refractivity contribution in [3.8, 4) is 5.75 Å². The Bertz CT molecular complexity index is 1190. The molecule has 0 aliphatic carbocycles. The summed E-state index contributed by atoms with van der Waals surface area (Å²) in [4.78, 5) is 20.7. The van der Waals surface area contributed by atoms with Gasteiger partial charge in [-0.25, -0.2) is 9.37 Å². The van der Waals surface area contributed by atoms with Gasteiger partial charge in [-0.1, -0.05) is 18.2 Å². The molecule has 0 bridgehead atoms. The molecule has 5 rings (SSSR count). The predicted molar refractivity (Wildman–Crippen MR) is 110 cm³/mol. The molecule has 0 spiro atoms. The number of hydrogen-bond donors (Lipinski definition) is 4. The number of imidazole rings is 1. The van der Waals surface area contributed by atoms with E-state index in [-0.39, 0.29) is 17.0 Å². The number of phenols is 1. The number of fused-ring (bicyclic) bond motifs is 2. The summed E-state index contributed by atoms with van der Waals surface area (Å²) >= 11 is 0. The monoisotopic (exact) mass is 405 g/mol. The molecule has 1 amide bonds. The number of H-pyrrole nitrogens is 1. The van der Waals surface area contributed by atoms with Crippen molar-refractivity contribution < 1.29 is 14.3 Å². The molecule has 1 aliphatic heterocycles. The minimum atomic E-state index is -0.780. The summed E-state index contributed by atoms with van der Waals surface area (Å²) in [6, 6.07) is 12.5. The Morgan fingerprint density at radius 1 is 1.23 bits per heavy atom. The number of amides is 1. The number of carbonyl (C=O) groups is 1. The average Bonchev–Trinajstić information content (AvgIpc) is 3.37. The Kier molecular flexibility index (Phi) is 4.48. The zero-order valence-electron chi connectivity index (χ0n) is 16.0. The van der Waals surface area contributed by atoms with Crippen LogP contribution in [0.25, 0.3) is 10.9 Å². The lowest BCUT2D eigenvalue weighted by Gasteiger charge is -2.19. The molecule has 0 radical (unpaired) electrons. The van der Waals surface area contributed by atoms with Gasteiger partial charge in [0.2, 0.25) is 0 Å². The van der Waals surface area contributed by atoms with Crippen LogP contribution >= 0.6 is 0 Å². The highest BCUT2D eigenvalue weighted by molar-refractivity contribution is 5.93. The van der Waals surface area contributed by atoms with Crippen molar-refractivity contribution in [1.29, 1.82) is 0 Å². The summed E-state index contributed by atoms with van der Waals surface area (Å²) < 4.78 is 15.9. The summed E-state index contributed by atoms with van der Waals surface area (Å²) in [5, 5.41) is 17.5. The van der Waals surface area contributed by atoms with Gasteiger partial charge >= 0.3 is 0 Å². The van der Waals surface area contributed by atoms with E-state index in [0.29, 0.717) is 12.2 Å². The Balaban J connectivity index is 1.54. The lowest BCUT2D eigenvalue weighted by Crippen LogP contribution is -2.30. The number of nitrogens with one attached hydrogen (secondary N) is 3. The second-order valence-electron chi connectivity index (χ2n) is 7.33. The summed E-state index contributed by atoms with van der Waals surface area (Å²) in [7, 11) is 0. The van der Waals surface area contributed by atoms with Crippen molar-refractivity contribution in [3.63, 3.8) is 0 Å². The number of aromatic amines is 1. The van der Waals surface area contributed by atoms with Crippen LogP contribution in [0.4, 0.5) is 4.39 Å². The highest BCUT2D eigenvalue weighted by Gasteiger charge is 2.25. The minimum Gasteiger partial charge on any atom is -0.508 e. The van der Waals surface area contributed by atoms with Crippen LogP contribution in [0, 0.1) is 5.82 Å². The number of hydrogen-bond acceptors (Lipinski definition) is 4. The zero-order chi connectivity index (χ0) is 20.7. The first kappa shape index (κ1) is 18.4. The molecule has 4 N–H and O–H groups in total. The standard InChI is InChI=1S/C22H20FN5O2/c23-14-5-6-19(29)15(10-14)21(17-9-13-3-1-2-4-16(13)25-17)27-22(30)18-12-28-8-7-24-11-20(28)26-18/h1-6,9-10,12,21,24-25,29H,7-8,11H2,(H,27,30). The van der Waals surface area contributed by atoms with Crippen LogP contribution in [0.1, 0.15) is 33.6 Å². The van der Waals surface area contributed by atoms with E-state index in [1.165, 1.54) is 18.2 Å². The van der Waals surface area contributed by atoms with Gasteiger partial charge in [-0.15, -0.1) is 0 Å². The summed E-state index contributed by atoms with van der Waals surface area (Å²) in [5.41, 5.74) is 2.06. The molecule has 0 saturated carbocycles. The molecule has 152 valence electrons. The number of nitrogens with zero attached hydrogens (tertiary/aromatic N) is 2. The molecule has 1 atom stereocenters. The van der Waals surface area contributed by atoms with Crippen LogP contribution < -0.4 is 10.6 Å². The van der Waals surface area contributed by atoms with E-state index in [1.54, 1.807) is 6.20 Å². The lowest BCUT2D eigenvalue weighted by atomic mass is 10.0. The third-order valence-corrected chi connectivity index (χ3v) is 5.34. The van der Waals surface area contributed by atoms with Gasteiger partial charge in [-0.2, -0.15) is 0 Å². The molecule has 1 aliphatic rings. The summed E-state index contributed by atoms with van der Waals surface area (Å²) in [5.74, 6) is -0.207. The molecule has 7 nitrogen and oxygen atoms in total. The molecule has 0 saturated heterocycles. The van der Waals surface area contributed by atoms with Crippen LogP contribution in [0.2, 0.25) is 0 Å². The number of rotatable bonds is 4. The quantitative estimate of drug-likeness (QED) is 0.420. The average molecular weight is 405 g/mol. The van der Waals surface area contributed by atoms with Gasteiger partial charge in [0.1, 0.15) is 23.1 Å². The highest BCUT2D eigenvalue weighted by Crippen LogP contribution is 2.31. The van der Waals surface area contributed by atoms with E-state index in [2.05, 4.69) is 20.6 Å². The number of carbonyl (C=O) groups excluding carboxylic acids is 1. The van der Waals surface area contributed by atoms with Gasteiger partial charge in [-0.05, 0) is 35.7 Å². The predicted octanol–water partition coefficient (Wildman–Crippen LogP) is 2.83. The number of para-hydroxylation sites is 1. The van der Waals surface area contributed by atoms with Gasteiger partial charge in [-0.3, -0.25) is 4.79 Å². The third kappa shape index (κ3) is 3.31. The fourth-order valence-corrected chi connectivity index (χ4v) is 3.83. The normalized spacial score (nSPS) is 14.4. The van der Waals surface area contributed by atoms with Gasteiger partial charge in [0.25, 0.3) is 5.91 Å². The second kappa shape index (κ2) is 7.31. The Morgan fingerprint density at radius 2 is 2.10 bits per heavy atom. The van der Waals surface area contributed by atoms with Gasteiger partial charge in [0.05, 0.1) is 12.6 Å². The van der Waals surface area contributed by atoms with Gasteiger partial charge in [0.15, 0.2) is 0 Å². The van der Waals surface area contributed by atoms with Crippen molar-refractivity contribution in [1.82, 2.24) is 25.2 Å². The van der Waals surface area contributed by atoms with Gasteiger partial charge < -0.3 is 25.3 Å². The van der Waals surface area contributed by atoms with E-state index < -0.39 is 17.8 Å². The molecular formula is C22H20FN5O2. The van der Waals surface area contributed by atoms with E-state index in [9.17, 15) is 14.3 Å². The van der Waals surface area contributed by atoms with Crippen molar-refractivity contribution in [2.75, 3.05) is 6.54 Å². The van der Waals surface area contributed by atoms with E-state index in [0.717, 1.165) is 29.8 Å². The van der Waals surface area contributed by atoms with Crippen LogP contribution in [-0.2, 0) is 13.1 Å². The molecule has 2 aromatic carbocycles. The largest absolute Gasteiger partial charge is 0.508 e. The topological polar surface area (TPSA) is 95.0 Å². The molecule has 2 aromatic heterocycles. The lowest BCUT2D eigenvalue weighted by molar-refractivity contribution is 0.0937. The minimum absolute atomic E-state index is 0.103. The molecule has 4 aromatic rings. The fourth-order valence-electron chi connectivity index (χ4n) is 3.83. The highest BCUT2D eigenvalue weighted by atomic mass is 19.1. The fraction of sp³-hybridized carbons (Fsp3) is 0.182. The maximum absolute atomic E-state index is 14.0. The number of aromatic nitrogens is 3. The number of halogens is 1. The summed E-state index contributed by atoms with van der Waals surface area (Å²) in [6.45, 7) is 2.16. The van der Waals surface area contributed by atoms with Crippen molar-refractivity contribution >= 4 is 16.8 Å². The first-order valence-corrected chi connectivity index (χ1v) is 9.72. The second-order valence-corrected chi connectivity index (χ2v) is 7.33. The number of phenolic OH excluding ortho intramolecular Hbond substituents is 1. The molecule has 3 heterocycles. The first-order valence-electron chi connectivity index (χ1n) is 9.72. The zero-order valence-corrected chi connectivity index (χ0v) is 16.0. The SMILES string of the molecule is O=C(NC(c1cc2ccccc2[nH]1)c1cc(F)ccc1O)c1cn2c(n1)CNCC2. The van der Waals surface area contributed by atoms with Crippen LogP contribution in [-0.4, -0.2) is 32.1 Å². The van der Waals surface area contributed by atoms with Gasteiger partial charge in [0, 0.05) is 36.1 Å².